The molecule has 1 aromatic rings. The van der Waals surface area contributed by atoms with E-state index in [9.17, 15) is 9.59 Å². The summed E-state index contributed by atoms with van der Waals surface area (Å²) in [6.07, 6.45) is 5.26. The van der Waals surface area contributed by atoms with Crippen LogP contribution in [0.15, 0.2) is 0 Å². The number of rotatable bonds is 4. The second-order valence-corrected chi connectivity index (χ2v) is 8.80. The first-order valence-corrected chi connectivity index (χ1v) is 11.0. The fourth-order valence-corrected chi connectivity index (χ4v) is 5.42. The summed E-state index contributed by atoms with van der Waals surface area (Å²) in [6.45, 7) is 5.39. The molecule has 1 aromatic heterocycles. The van der Waals surface area contributed by atoms with E-state index in [0.717, 1.165) is 85.9 Å². The molecule has 2 saturated heterocycles. The van der Waals surface area contributed by atoms with E-state index in [0.29, 0.717) is 12.8 Å². The van der Waals surface area contributed by atoms with E-state index in [1.165, 1.54) is 0 Å². The smallest absolute Gasteiger partial charge is 0.227 e. The minimum Gasteiger partial charge on any atom is -0.376 e. The van der Waals surface area contributed by atoms with E-state index in [4.69, 9.17) is 4.74 Å². The molecular formula is C20H28N2O3S. The first-order chi connectivity index (χ1) is 12.6. The van der Waals surface area contributed by atoms with E-state index >= 15 is 0 Å². The van der Waals surface area contributed by atoms with Gasteiger partial charge in [-0.1, -0.05) is 0 Å². The van der Waals surface area contributed by atoms with Crippen molar-refractivity contribution < 1.29 is 14.3 Å². The number of ether oxygens (including phenoxy) is 1. The second-order valence-electron chi connectivity index (χ2n) is 7.58. The van der Waals surface area contributed by atoms with Crippen molar-refractivity contribution in [3.05, 3.63) is 22.5 Å². The lowest BCUT2D eigenvalue weighted by atomic mass is 9.92. The van der Waals surface area contributed by atoms with Crippen LogP contribution in [0.5, 0.6) is 0 Å². The summed E-state index contributed by atoms with van der Waals surface area (Å²) >= 11 is 1.90. The number of fused-ring (bicyclic) bond motifs is 1. The third kappa shape index (κ3) is 3.46. The molecule has 0 N–H and O–H groups in total. The summed E-state index contributed by atoms with van der Waals surface area (Å²) in [5.41, 5.74) is 4.07. The van der Waals surface area contributed by atoms with Crippen molar-refractivity contribution in [3.63, 3.8) is 0 Å². The van der Waals surface area contributed by atoms with Gasteiger partial charge < -0.3 is 14.2 Å². The Kier molecular flexibility index (Phi) is 5.41. The zero-order valence-corrected chi connectivity index (χ0v) is 16.4. The van der Waals surface area contributed by atoms with Crippen LogP contribution in [0.25, 0.3) is 0 Å². The Bertz CT molecular complexity index is 700. The standard InChI is InChI=1S/C20H28N2O3S/c1-14-16(12-19(24)21-7-10-26-11-8-21)20-17(5-2-6-18(20)23)22(14)13-15-4-3-9-25-15/h15H,2-13H2,1H3. The molecule has 1 amide bonds. The van der Waals surface area contributed by atoms with Crippen LogP contribution in [0, 0.1) is 6.92 Å². The van der Waals surface area contributed by atoms with E-state index in [1.807, 2.05) is 16.7 Å². The van der Waals surface area contributed by atoms with Gasteiger partial charge in [0, 0.05) is 61.1 Å². The average molecular weight is 377 g/mol. The Morgan fingerprint density at radius 2 is 2.04 bits per heavy atom. The van der Waals surface area contributed by atoms with Gasteiger partial charge in [-0.15, -0.1) is 0 Å². The summed E-state index contributed by atoms with van der Waals surface area (Å²) in [5, 5.41) is 0. The highest BCUT2D eigenvalue weighted by molar-refractivity contribution is 7.99. The molecule has 5 nitrogen and oxygen atoms in total. The number of amides is 1. The first kappa shape index (κ1) is 18.1. The monoisotopic (exact) mass is 376 g/mol. The average Bonchev–Trinajstić information content (AvgIpc) is 3.26. The minimum absolute atomic E-state index is 0.170. The summed E-state index contributed by atoms with van der Waals surface area (Å²) in [5.74, 6) is 2.42. The third-order valence-electron chi connectivity index (χ3n) is 5.96. The zero-order chi connectivity index (χ0) is 18.1. The molecule has 26 heavy (non-hydrogen) atoms. The highest BCUT2D eigenvalue weighted by atomic mass is 32.2. The SMILES string of the molecule is Cc1c(CC(=O)N2CCSCC2)c2c(n1CC1CCCO1)CCCC2=O. The Balaban J connectivity index is 1.63. The van der Waals surface area contributed by atoms with Gasteiger partial charge >= 0.3 is 0 Å². The molecule has 6 heteroatoms. The number of thioether (sulfide) groups is 1. The summed E-state index contributed by atoms with van der Waals surface area (Å²) in [4.78, 5) is 27.5. The van der Waals surface area contributed by atoms with Crippen LogP contribution >= 0.6 is 11.8 Å². The van der Waals surface area contributed by atoms with Crippen molar-refractivity contribution in [2.75, 3.05) is 31.2 Å². The number of carbonyl (C=O) groups excluding carboxylic acids is 2. The Morgan fingerprint density at radius 1 is 1.23 bits per heavy atom. The molecule has 0 aromatic carbocycles. The zero-order valence-electron chi connectivity index (χ0n) is 15.6. The minimum atomic E-state index is 0.170. The number of aromatic nitrogens is 1. The Labute approximate surface area is 159 Å². The van der Waals surface area contributed by atoms with E-state index in [2.05, 4.69) is 11.5 Å². The number of hydrogen-bond acceptors (Lipinski definition) is 4. The van der Waals surface area contributed by atoms with Crippen LogP contribution in [-0.4, -0.2) is 58.5 Å². The van der Waals surface area contributed by atoms with Gasteiger partial charge in [-0.2, -0.15) is 11.8 Å². The maximum absolute atomic E-state index is 12.8. The van der Waals surface area contributed by atoms with Gasteiger partial charge in [0.05, 0.1) is 12.5 Å². The van der Waals surface area contributed by atoms with Crippen molar-refractivity contribution in [1.29, 1.82) is 0 Å². The lowest BCUT2D eigenvalue weighted by molar-refractivity contribution is -0.130. The molecule has 2 aliphatic heterocycles. The molecule has 4 rings (SSSR count). The molecule has 142 valence electrons. The maximum Gasteiger partial charge on any atom is 0.227 e. The van der Waals surface area contributed by atoms with E-state index in [-0.39, 0.29) is 17.8 Å². The molecule has 3 aliphatic rings. The van der Waals surface area contributed by atoms with Gasteiger partial charge in [0.25, 0.3) is 0 Å². The molecule has 0 radical (unpaired) electrons. The molecule has 0 spiro atoms. The van der Waals surface area contributed by atoms with Crippen LogP contribution in [0.4, 0.5) is 0 Å². The molecule has 3 heterocycles. The van der Waals surface area contributed by atoms with Crippen LogP contribution in [-0.2, 0) is 28.9 Å². The number of nitrogens with zero attached hydrogens (tertiary/aromatic N) is 2. The van der Waals surface area contributed by atoms with Crippen molar-refractivity contribution >= 4 is 23.5 Å². The predicted molar refractivity (Wildman–Crippen MR) is 103 cm³/mol. The van der Waals surface area contributed by atoms with Gasteiger partial charge in [0.1, 0.15) is 0 Å². The summed E-state index contributed by atoms with van der Waals surface area (Å²) < 4.78 is 8.12. The molecule has 1 aliphatic carbocycles. The van der Waals surface area contributed by atoms with Crippen molar-refractivity contribution in [3.8, 4) is 0 Å². The lowest BCUT2D eigenvalue weighted by Gasteiger charge is -2.26. The lowest BCUT2D eigenvalue weighted by Crippen LogP contribution is -2.39. The molecule has 0 saturated carbocycles. The second kappa shape index (κ2) is 7.77. The van der Waals surface area contributed by atoms with E-state index in [1.54, 1.807) is 0 Å². The van der Waals surface area contributed by atoms with Crippen LogP contribution in [0.3, 0.4) is 0 Å². The van der Waals surface area contributed by atoms with Crippen molar-refractivity contribution in [2.45, 2.75) is 58.1 Å². The van der Waals surface area contributed by atoms with Crippen LogP contribution < -0.4 is 0 Å². The number of ketones is 1. The van der Waals surface area contributed by atoms with Crippen LogP contribution in [0.1, 0.15) is 53.0 Å². The van der Waals surface area contributed by atoms with Crippen molar-refractivity contribution in [2.24, 2.45) is 0 Å². The number of Topliss-reactive ketones (excluding diaryl/α,β-unsaturated/α-hetero) is 1. The molecule has 0 bridgehead atoms. The quantitative estimate of drug-likeness (QED) is 0.811. The highest BCUT2D eigenvalue weighted by Gasteiger charge is 2.31. The van der Waals surface area contributed by atoms with Gasteiger partial charge in [0.2, 0.25) is 5.91 Å². The van der Waals surface area contributed by atoms with Gasteiger partial charge in [0.15, 0.2) is 5.78 Å². The summed E-state index contributed by atoms with van der Waals surface area (Å²) in [6, 6.07) is 0. The normalized spacial score (nSPS) is 23.3. The van der Waals surface area contributed by atoms with E-state index < -0.39 is 0 Å². The first-order valence-electron chi connectivity index (χ1n) is 9.86. The number of hydrogen-bond donors (Lipinski definition) is 0. The largest absolute Gasteiger partial charge is 0.376 e. The fourth-order valence-electron chi connectivity index (χ4n) is 4.52. The fraction of sp³-hybridized carbons (Fsp3) is 0.700. The number of carbonyl (C=O) groups is 2. The van der Waals surface area contributed by atoms with Crippen LogP contribution in [0.2, 0.25) is 0 Å². The van der Waals surface area contributed by atoms with Gasteiger partial charge in [-0.25, -0.2) is 0 Å². The van der Waals surface area contributed by atoms with Crippen molar-refractivity contribution in [1.82, 2.24) is 9.47 Å². The summed E-state index contributed by atoms with van der Waals surface area (Å²) in [7, 11) is 0. The molecule has 2 fully saturated rings. The Hall–Kier alpha value is -1.27. The topological polar surface area (TPSA) is 51.5 Å². The van der Waals surface area contributed by atoms with Gasteiger partial charge in [-0.05, 0) is 38.2 Å². The van der Waals surface area contributed by atoms with Gasteiger partial charge in [-0.3, -0.25) is 9.59 Å². The highest BCUT2D eigenvalue weighted by Crippen LogP contribution is 2.32. The molecular weight excluding hydrogens is 348 g/mol. The predicted octanol–water partition coefficient (Wildman–Crippen LogP) is 2.61. The molecule has 1 atom stereocenters. The Morgan fingerprint density at radius 3 is 2.77 bits per heavy atom. The maximum atomic E-state index is 12.8. The molecule has 1 unspecified atom stereocenters. The third-order valence-corrected chi connectivity index (χ3v) is 6.90.